The van der Waals surface area contributed by atoms with Crippen LogP contribution >= 0.6 is 0 Å². The molecule has 2 N–H and O–H groups in total. The molecule has 1 aliphatic heterocycles. The Morgan fingerprint density at radius 3 is 2.33 bits per heavy atom. The lowest BCUT2D eigenvalue weighted by molar-refractivity contribution is 0.252. The fourth-order valence-electron chi connectivity index (χ4n) is 3.32. The van der Waals surface area contributed by atoms with Gasteiger partial charge in [-0.2, -0.15) is 4.31 Å². The Bertz CT molecular complexity index is 955. The molecule has 0 saturated carbocycles. The SMILES string of the molecule is COc1ccc(N2CCN(S(=O)(=O)CCNC(=O)Nc3ccccc3C)CC2)cc1. The number of nitrogens with zero attached hydrogens (tertiary/aromatic N) is 2. The fraction of sp³-hybridized carbons (Fsp3) is 0.381. The summed E-state index contributed by atoms with van der Waals surface area (Å²) in [4.78, 5) is 14.2. The predicted octanol–water partition coefficient (Wildman–Crippen LogP) is 2.28. The van der Waals surface area contributed by atoms with Gasteiger partial charge in [-0.15, -0.1) is 0 Å². The third kappa shape index (κ3) is 5.64. The van der Waals surface area contributed by atoms with Crippen molar-refractivity contribution >= 4 is 27.4 Å². The van der Waals surface area contributed by atoms with Gasteiger partial charge in [0, 0.05) is 44.1 Å². The normalized spacial score (nSPS) is 14.9. The first-order chi connectivity index (χ1) is 14.4. The number of hydrogen-bond acceptors (Lipinski definition) is 5. The molecule has 0 aromatic heterocycles. The summed E-state index contributed by atoms with van der Waals surface area (Å²) in [6.45, 7) is 4.03. The second-order valence-electron chi connectivity index (χ2n) is 7.10. The Labute approximate surface area is 177 Å². The van der Waals surface area contributed by atoms with Crippen molar-refractivity contribution in [3.8, 4) is 5.75 Å². The van der Waals surface area contributed by atoms with Crippen molar-refractivity contribution in [2.24, 2.45) is 0 Å². The van der Waals surface area contributed by atoms with Crippen LogP contribution in [-0.4, -0.2) is 64.3 Å². The van der Waals surface area contributed by atoms with E-state index in [0.717, 1.165) is 17.0 Å². The minimum absolute atomic E-state index is 0.0543. The van der Waals surface area contributed by atoms with Gasteiger partial charge in [-0.3, -0.25) is 0 Å². The number of urea groups is 1. The Balaban J connectivity index is 1.44. The second-order valence-corrected chi connectivity index (χ2v) is 9.18. The Morgan fingerprint density at radius 2 is 1.70 bits per heavy atom. The van der Waals surface area contributed by atoms with Gasteiger partial charge in [0.1, 0.15) is 5.75 Å². The lowest BCUT2D eigenvalue weighted by Gasteiger charge is -2.35. The van der Waals surface area contributed by atoms with E-state index in [0.29, 0.717) is 31.9 Å². The van der Waals surface area contributed by atoms with Crippen LogP contribution in [0.25, 0.3) is 0 Å². The summed E-state index contributed by atoms with van der Waals surface area (Å²) in [5.41, 5.74) is 2.69. The predicted molar refractivity (Wildman–Crippen MR) is 119 cm³/mol. The van der Waals surface area contributed by atoms with Gasteiger partial charge in [0.2, 0.25) is 10.0 Å². The number of anilines is 2. The molecule has 1 fully saturated rings. The Hall–Kier alpha value is -2.78. The van der Waals surface area contributed by atoms with Crippen molar-refractivity contribution < 1.29 is 17.9 Å². The molecule has 9 heteroatoms. The molecule has 1 aliphatic rings. The van der Waals surface area contributed by atoms with Gasteiger partial charge >= 0.3 is 6.03 Å². The van der Waals surface area contributed by atoms with Gasteiger partial charge < -0.3 is 20.3 Å². The number of para-hydroxylation sites is 1. The Kier molecular flexibility index (Phi) is 7.17. The maximum Gasteiger partial charge on any atom is 0.319 e. The summed E-state index contributed by atoms with van der Waals surface area (Å²) < 4.78 is 31.9. The molecular weight excluding hydrogens is 404 g/mol. The van der Waals surface area contributed by atoms with Gasteiger partial charge in [0.15, 0.2) is 0 Å². The van der Waals surface area contributed by atoms with E-state index in [1.165, 1.54) is 4.31 Å². The van der Waals surface area contributed by atoms with Crippen LogP contribution in [0.1, 0.15) is 5.56 Å². The van der Waals surface area contributed by atoms with E-state index >= 15 is 0 Å². The van der Waals surface area contributed by atoms with Crippen molar-refractivity contribution in [2.45, 2.75) is 6.92 Å². The van der Waals surface area contributed by atoms with E-state index in [1.807, 2.05) is 49.4 Å². The third-order valence-electron chi connectivity index (χ3n) is 5.11. The van der Waals surface area contributed by atoms with Crippen LogP contribution in [-0.2, 0) is 10.0 Å². The number of hydrogen-bond donors (Lipinski definition) is 2. The Morgan fingerprint density at radius 1 is 1.03 bits per heavy atom. The monoisotopic (exact) mass is 432 g/mol. The van der Waals surface area contributed by atoms with Gasteiger partial charge in [0.05, 0.1) is 12.9 Å². The molecule has 2 amide bonds. The smallest absolute Gasteiger partial charge is 0.319 e. The van der Waals surface area contributed by atoms with Crippen LogP contribution in [0.5, 0.6) is 5.75 Å². The zero-order valence-corrected chi connectivity index (χ0v) is 18.1. The molecule has 8 nitrogen and oxygen atoms in total. The summed E-state index contributed by atoms with van der Waals surface area (Å²) in [5, 5.41) is 5.35. The average molecular weight is 433 g/mol. The number of carbonyl (C=O) groups is 1. The largest absolute Gasteiger partial charge is 0.497 e. The summed E-state index contributed by atoms with van der Waals surface area (Å²) in [6, 6.07) is 14.7. The van der Waals surface area contributed by atoms with Crippen LogP contribution < -0.4 is 20.3 Å². The van der Waals surface area contributed by atoms with E-state index in [-0.39, 0.29) is 12.3 Å². The van der Waals surface area contributed by atoms with Gasteiger partial charge in [-0.1, -0.05) is 18.2 Å². The highest BCUT2D eigenvalue weighted by molar-refractivity contribution is 7.89. The van der Waals surface area contributed by atoms with Crippen LogP contribution in [0.15, 0.2) is 48.5 Å². The number of rotatable bonds is 7. The maximum absolute atomic E-state index is 12.6. The van der Waals surface area contributed by atoms with E-state index in [9.17, 15) is 13.2 Å². The first-order valence-corrected chi connectivity index (χ1v) is 11.5. The number of sulfonamides is 1. The minimum atomic E-state index is -3.43. The van der Waals surface area contributed by atoms with Gasteiger partial charge in [-0.25, -0.2) is 13.2 Å². The van der Waals surface area contributed by atoms with E-state index < -0.39 is 16.1 Å². The van der Waals surface area contributed by atoms with Gasteiger partial charge in [-0.05, 0) is 42.8 Å². The van der Waals surface area contributed by atoms with Crippen LogP contribution in [0, 0.1) is 6.92 Å². The summed E-state index contributed by atoms with van der Waals surface area (Å²) in [5.74, 6) is 0.662. The lowest BCUT2D eigenvalue weighted by Crippen LogP contribution is -2.50. The van der Waals surface area contributed by atoms with Crippen molar-refractivity contribution in [2.75, 3.05) is 55.8 Å². The molecule has 3 rings (SSSR count). The highest BCUT2D eigenvalue weighted by atomic mass is 32.2. The summed E-state index contributed by atoms with van der Waals surface area (Å²) in [7, 11) is -1.81. The maximum atomic E-state index is 12.6. The minimum Gasteiger partial charge on any atom is -0.497 e. The van der Waals surface area contributed by atoms with Crippen molar-refractivity contribution in [1.29, 1.82) is 0 Å². The van der Waals surface area contributed by atoms with Gasteiger partial charge in [0.25, 0.3) is 0 Å². The molecule has 0 atom stereocenters. The summed E-state index contributed by atoms with van der Waals surface area (Å²) >= 11 is 0. The number of benzene rings is 2. The molecule has 162 valence electrons. The first-order valence-electron chi connectivity index (χ1n) is 9.86. The zero-order valence-electron chi connectivity index (χ0n) is 17.3. The molecule has 2 aromatic rings. The molecular formula is C21H28N4O4S. The molecule has 0 aliphatic carbocycles. The van der Waals surface area contributed by atoms with Crippen molar-refractivity contribution in [3.63, 3.8) is 0 Å². The van der Waals surface area contributed by atoms with Crippen LogP contribution in [0.2, 0.25) is 0 Å². The molecule has 0 spiro atoms. The quantitative estimate of drug-likeness (QED) is 0.701. The number of ether oxygens (including phenoxy) is 1. The van der Waals surface area contributed by atoms with E-state index in [1.54, 1.807) is 13.2 Å². The molecule has 30 heavy (non-hydrogen) atoms. The molecule has 1 saturated heterocycles. The highest BCUT2D eigenvalue weighted by Gasteiger charge is 2.26. The third-order valence-corrected chi connectivity index (χ3v) is 6.98. The summed E-state index contributed by atoms with van der Waals surface area (Å²) in [6.07, 6.45) is 0. The molecule has 0 radical (unpaired) electrons. The molecule has 2 aromatic carbocycles. The standard InChI is InChI=1S/C21H28N4O4S/c1-17-5-3-4-6-20(17)23-21(26)22-11-16-30(27,28)25-14-12-24(13-15-25)18-7-9-19(29-2)10-8-18/h3-10H,11-16H2,1-2H3,(H2,22,23,26). The van der Waals surface area contributed by atoms with Crippen molar-refractivity contribution in [1.82, 2.24) is 9.62 Å². The zero-order chi connectivity index (χ0) is 21.6. The highest BCUT2D eigenvalue weighted by Crippen LogP contribution is 2.21. The number of nitrogens with one attached hydrogen (secondary N) is 2. The van der Waals surface area contributed by atoms with Crippen molar-refractivity contribution in [3.05, 3.63) is 54.1 Å². The molecule has 0 unspecified atom stereocenters. The first kappa shape index (κ1) is 21.9. The number of methoxy groups -OCH3 is 1. The average Bonchev–Trinajstić information content (AvgIpc) is 2.75. The number of amides is 2. The molecule has 0 bridgehead atoms. The fourth-order valence-corrected chi connectivity index (χ4v) is 4.66. The topological polar surface area (TPSA) is 91.0 Å². The number of carbonyl (C=O) groups excluding carboxylic acids is 1. The van der Waals surface area contributed by atoms with E-state index in [4.69, 9.17) is 4.74 Å². The number of aryl methyl sites for hydroxylation is 1. The molecule has 1 heterocycles. The lowest BCUT2D eigenvalue weighted by atomic mass is 10.2. The van der Waals surface area contributed by atoms with Crippen LogP contribution in [0.3, 0.4) is 0 Å². The second kappa shape index (κ2) is 9.82. The van der Waals surface area contributed by atoms with Crippen LogP contribution in [0.4, 0.5) is 16.2 Å². The number of piperazine rings is 1. The van der Waals surface area contributed by atoms with E-state index in [2.05, 4.69) is 15.5 Å².